The summed E-state index contributed by atoms with van der Waals surface area (Å²) in [6.45, 7) is 0. The van der Waals surface area contributed by atoms with E-state index in [9.17, 15) is 13.2 Å². The fraction of sp³-hybridized carbons (Fsp3) is 0. The second-order valence-electron chi connectivity index (χ2n) is 3.62. The largest absolute Gasteiger partial charge is 0.478 e. The van der Waals surface area contributed by atoms with Crippen molar-refractivity contribution in [3.8, 4) is 0 Å². The number of aromatic nitrogens is 2. The van der Waals surface area contributed by atoms with Crippen LogP contribution in [-0.2, 0) is 10.0 Å². The van der Waals surface area contributed by atoms with Gasteiger partial charge in [-0.1, -0.05) is 11.6 Å². The molecule has 0 saturated carbocycles. The normalized spacial score (nSPS) is 11.1. The smallest absolute Gasteiger partial charge is 0.337 e. The van der Waals surface area contributed by atoms with Gasteiger partial charge in [0.2, 0.25) is 5.95 Å². The monoisotopic (exact) mass is 313 g/mol. The third kappa shape index (κ3) is 3.03. The Labute approximate surface area is 119 Å². The molecule has 0 aliphatic rings. The Morgan fingerprint density at radius 2 is 1.90 bits per heavy atom. The Balaban J connectivity index is 2.40. The highest BCUT2D eigenvalue weighted by Crippen LogP contribution is 2.21. The van der Waals surface area contributed by atoms with E-state index in [0.29, 0.717) is 0 Å². The molecule has 9 heteroatoms. The van der Waals surface area contributed by atoms with Crippen molar-refractivity contribution in [2.75, 3.05) is 4.72 Å². The zero-order valence-corrected chi connectivity index (χ0v) is 11.4. The van der Waals surface area contributed by atoms with Crippen LogP contribution in [-0.4, -0.2) is 29.5 Å². The maximum Gasteiger partial charge on any atom is 0.337 e. The molecule has 20 heavy (non-hydrogen) atoms. The van der Waals surface area contributed by atoms with E-state index in [4.69, 9.17) is 16.7 Å². The molecular weight excluding hydrogens is 306 g/mol. The lowest BCUT2D eigenvalue weighted by atomic mass is 10.2. The lowest BCUT2D eigenvalue weighted by Crippen LogP contribution is -2.15. The molecule has 0 radical (unpaired) electrons. The number of halogens is 1. The van der Waals surface area contributed by atoms with Gasteiger partial charge in [-0.25, -0.2) is 27.9 Å². The van der Waals surface area contributed by atoms with Gasteiger partial charge in [0.25, 0.3) is 10.0 Å². The van der Waals surface area contributed by atoms with Gasteiger partial charge in [0.15, 0.2) is 0 Å². The SMILES string of the molecule is O=C(O)c1cc(S(=O)(=O)Nc2ncccn2)ccc1Cl. The molecule has 1 aromatic carbocycles. The summed E-state index contributed by atoms with van der Waals surface area (Å²) in [7, 11) is -3.98. The Morgan fingerprint density at radius 1 is 1.25 bits per heavy atom. The van der Waals surface area contributed by atoms with Gasteiger partial charge in [0.1, 0.15) is 0 Å². The van der Waals surface area contributed by atoms with E-state index in [1.807, 2.05) is 0 Å². The Kier molecular flexibility index (Phi) is 3.86. The van der Waals surface area contributed by atoms with E-state index in [1.165, 1.54) is 30.6 Å². The quantitative estimate of drug-likeness (QED) is 0.887. The highest BCUT2D eigenvalue weighted by molar-refractivity contribution is 7.92. The maximum atomic E-state index is 12.1. The number of hydrogen-bond acceptors (Lipinski definition) is 5. The number of nitrogens with zero attached hydrogens (tertiary/aromatic N) is 2. The average molecular weight is 314 g/mol. The number of carboxylic acid groups (broad SMARTS) is 1. The van der Waals surface area contributed by atoms with E-state index in [0.717, 1.165) is 6.07 Å². The zero-order valence-electron chi connectivity index (χ0n) is 9.82. The van der Waals surface area contributed by atoms with Gasteiger partial charge >= 0.3 is 5.97 Å². The molecule has 0 aliphatic heterocycles. The summed E-state index contributed by atoms with van der Waals surface area (Å²) in [5.41, 5.74) is -0.302. The second kappa shape index (κ2) is 5.43. The minimum Gasteiger partial charge on any atom is -0.478 e. The molecule has 0 aliphatic carbocycles. The van der Waals surface area contributed by atoms with Crippen molar-refractivity contribution in [1.29, 1.82) is 0 Å². The van der Waals surface area contributed by atoms with Crippen molar-refractivity contribution >= 4 is 33.5 Å². The fourth-order valence-electron chi connectivity index (χ4n) is 1.37. The van der Waals surface area contributed by atoms with Crippen LogP contribution in [0, 0.1) is 0 Å². The van der Waals surface area contributed by atoms with Crippen molar-refractivity contribution in [3.63, 3.8) is 0 Å². The van der Waals surface area contributed by atoms with Crippen LogP contribution in [0.15, 0.2) is 41.6 Å². The predicted octanol–water partition coefficient (Wildman–Crippen LogP) is 1.63. The van der Waals surface area contributed by atoms with Crippen LogP contribution in [0.5, 0.6) is 0 Å². The van der Waals surface area contributed by atoms with Crippen molar-refractivity contribution in [3.05, 3.63) is 47.2 Å². The van der Waals surface area contributed by atoms with Crippen LogP contribution in [0.1, 0.15) is 10.4 Å². The summed E-state index contributed by atoms with van der Waals surface area (Å²) >= 11 is 5.68. The van der Waals surface area contributed by atoms with Crippen LogP contribution >= 0.6 is 11.6 Å². The van der Waals surface area contributed by atoms with E-state index in [2.05, 4.69) is 14.7 Å². The highest BCUT2D eigenvalue weighted by Gasteiger charge is 2.19. The summed E-state index contributed by atoms with van der Waals surface area (Å²) in [6.07, 6.45) is 2.74. The van der Waals surface area contributed by atoms with Gasteiger partial charge in [0.05, 0.1) is 15.5 Å². The average Bonchev–Trinajstić information content (AvgIpc) is 2.39. The molecule has 0 fully saturated rings. The molecular formula is C11H8ClN3O4S. The van der Waals surface area contributed by atoms with Gasteiger partial charge in [-0.2, -0.15) is 0 Å². The van der Waals surface area contributed by atoms with Crippen LogP contribution in [0.2, 0.25) is 5.02 Å². The van der Waals surface area contributed by atoms with Crippen LogP contribution in [0.4, 0.5) is 5.95 Å². The molecule has 7 nitrogen and oxygen atoms in total. The first-order chi connectivity index (χ1) is 9.40. The van der Waals surface area contributed by atoms with Gasteiger partial charge in [-0.05, 0) is 24.3 Å². The molecule has 104 valence electrons. The molecule has 2 N–H and O–H groups in total. The summed E-state index contributed by atoms with van der Waals surface area (Å²) < 4.78 is 26.3. The van der Waals surface area contributed by atoms with Gasteiger partial charge in [-0.15, -0.1) is 0 Å². The number of aromatic carboxylic acids is 1. The Morgan fingerprint density at radius 3 is 2.50 bits per heavy atom. The number of hydrogen-bond donors (Lipinski definition) is 2. The number of carbonyl (C=O) groups is 1. The molecule has 0 spiro atoms. The minimum absolute atomic E-state index is 0.0487. The molecule has 1 aromatic heterocycles. The molecule has 2 rings (SSSR count). The van der Waals surface area contributed by atoms with E-state index < -0.39 is 16.0 Å². The predicted molar refractivity (Wildman–Crippen MR) is 71.3 cm³/mol. The summed E-state index contributed by atoms with van der Waals surface area (Å²) in [5.74, 6) is -1.43. The van der Waals surface area contributed by atoms with E-state index in [1.54, 1.807) is 0 Å². The molecule has 0 bridgehead atoms. The molecule has 2 aromatic rings. The van der Waals surface area contributed by atoms with Crippen molar-refractivity contribution in [2.45, 2.75) is 4.90 Å². The Bertz CT molecular complexity index is 750. The fourth-order valence-corrected chi connectivity index (χ4v) is 2.55. The number of rotatable bonds is 4. The number of sulfonamides is 1. The van der Waals surface area contributed by atoms with E-state index in [-0.39, 0.29) is 21.4 Å². The summed E-state index contributed by atoms with van der Waals surface area (Å²) in [6, 6.07) is 4.89. The van der Waals surface area contributed by atoms with Crippen LogP contribution in [0.25, 0.3) is 0 Å². The third-order valence-electron chi connectivity index (χ3n) is 2.27. The third-order valence-corrected chi connectivity index (χ3v) is 3.93. The lowest BCUT2D eigenvalue weighted by molar-refractivity contribution is 0.0697. The molecule has 0 atom stereocenters. The Hall–Kier alpha value is -2.19. The van der Waals surface area contributed by atoms with E-state index >= 15 is 0 Å². The number of nitrogens with one attached hydrogen (secondary N) is 1. The molecule has 0 saturated heterocycles. The number of benzene rings is 1. The first-order valence-corrected chi connectivity index (χ1v) is 7.09. The van der Waals surface area contributed by atoms with Gasteiger partial charge < -0.3 is 5.11 Å². The molecule has 0 unspecified atom stereocenters. The minimum atomic E-state index is -3.98. The molecule has 0 amide bonds. The first-order valence-electron chi connectivity index (χ1n) is 5.23. The van der Waals surface area contributed by atoms with Crippen molar-refractivity contribution in [1.82, 2.24) is 9.97 Å². The second-order valence-corrected chi connectivity index (χ2v) is 5.71. The number of carboxylic acids is 1. The van der Waals surface area contributed by atoms with Crippen LogP contribution < -0.4 is 4.72 Å². The molecule has 1 heterocycles. The van der Waals surface area contributed by atoms with Crippen molar-refractivity contribution in [2.24, 2.45) is 0 Å². The standard InChI is InChI=1S/C11H8ClN3O4S/c12-9-3-2-7(6-8(9)10(16)17)20(18,19)15-11-13-4-1-5-14-11/h1-6H,(H,16,17)(H,13,14,15). The first kappa shape index (κ1) is 14.2. The summed E-state index contributed by atoms with van der Waals surface area (Å²) in [4.78, 5) is 18.1. The van der Waals surface area contributed by atoms with Crippen LogP contribution in [0.3, 0.4) is 0 Å². The topological polar surface area (TPSA) is 109 Å². The lowest BCUT2D eigenvalue weighted by Gasteiger charge is -2.07. The summed E-state index contributed by atoms with van der Waals surface area (Å²) in [5, 5.41) is 8.87. The maximum absolute atomic E-state index is 12.1. The van der Waals surface area contributed by atoms with Gasteiger partial charge in [0, 0.05) is 12.4 Å². The van der Waals surface area contributed by atoms with Gasteiger partial charge in [-0.3, -0.25) is 0 Å². The van der Waals surface area contributed by atoms with Crippen molar-refractivity contribution < 1.29 is 18.3 Å². The highest BCUT2D eigenvalue weighted by atomic mass is 35.5. The number of anilines is 1. The zero-order chi connectivity index (χ0) is 14.8.